The van der Waals surface area contributed by atoms with Crippen molar-refractivity contribution in [2.24, 2.45) is 5.73 Å². The molecule has 1 heterocycles. The van der Waals surface area contributed by atoms with Crippen LogP contribution in [0.4, 0.5) is 5.82 Å². The molecule has 2 aromatic carbocycles. The first kappa shape index (κ1) is 32.6. The molecule has 46 heavy (non-hydrogen) atoms. The Bertz CT molecular complexity index is 1670. The SMILES string of the molecule is Cc1ccnc(NCCCC(N)C(=O)NCC(=O)N[C@@H](CC(=O)O)C2=CCC=C(c3ccc(C4CCC4)c4ccccc34)C=C2)c1. The van der Waals surface area contributed by atoms with Crippen molar-refractivity contribution in [3.8, 4) is 0 Å². The number of fused-ring (bicyclic) bond motifs is 1. The average molecular weight is 622 g/mol. The summed E-state index contributed by atoms with van der Waals surface area (Å²) in [4.78, 5) is 41.4. The van der Waals surface area contributed by atoms with Crippen LogP contribution in [0.2, 0.25) is 0 Å². The van der Waals surface area contributed by atoms with Gasteiger partial charge in [0.05, 0.1) is 25.0 Å². The van der Waals surface area contributed by atoms with E-state index in [9.17, 15) is 19.5 Å². The van der Waals surface area contributed by atoms with E-state index in [1.807, 2.05) is 37.3 Å². The van der Waals surface area contributed by atoms with Crippen LogP contribution in [0.3, 0.4) is 0 Å². The number of nitrogens with zero attached hydrogens (tertiary/aromatic N) is 1. The third-order valence-corrected chi connectivity index (χ3v) is 8.75. The van der Waals surface area contributed by atoms with Crippen molar-refractivity contribution in [1.29, 1.82) is 0 Å². The predicted octanol–water partition coefficient (Wildman–Crippen LogP) is 5.38. The zero-order chi connectivity index (χ0) is 32.5. The lowest BCUT2D eigenvalue weighted by molar-refractivity contribution is -0.137. The number of amides is 2. The molecule has 3 aromatic rings. The molecule has 1 aromatic heterocycles. The summed E-state index contributed by atoms with van der Waals surface area (Å²) < 4.78 is 0. The monoisotopic (exact) mass is 621 g/mol. The van der Waals surface area contributed by atoms with Gasteiger partial charge in [-0.05, 0) is 95.7 Å². The second kappa shape index (κ2) is 15.5. The van der Waals surface area contributed by atoms with Gasteiger partial charge in [0.15, 0.2) is 0 Å². The molecule has 240 valence electrons. The molecule has 9 nitrogen and oxygen atoms in total. The van der Waals surface area contributed by atoms with E-state index in [1.165, 1.54) is 35.6 Å². The lowest BCUT2D eigenvalue weighted by Crippen LogP contribution is -2.47. The molecule has 9 heteroatoms. The van der Waals surface area contributed by atoms with E-state index >= 15 is 0 Å². The van der Waals surface area contributed by atoms with Crippen LogP contribution in [-0.2, 0) is 14.4 Å². The van der Waals surface area contributed by atoms with Gasteiger partial charge in [-0.2, -0.15) is 0 Å². The fourth-order valence-electron chi connectivity index (χ4n) is 6.02. The second-order valence-corrected chi connectivity index (χ2v) is 12.1. The molecule has 1 saturated carbocycles. The topological polar surface area (TPSA) is 146 Å². The molecule has 0 spiro atoms. The van der Waals surface area contributed by atoms with Crippen LogP contribution in [0.1, 0.15) is 67.6 Å². The third-order valence-electron chi connectivity index (χ3n) is 8.75. The van der Waals surface area contributed by atoms with E-state index in [4.69, 9.17) is 5.73 Å². The van der Waals surface area contributed by atoms with E-state index < -0.39 is 29.9 Å². The van der Waals surface area contributed by atoms with Gasteiger partial charge < -0.3 is 26.8 Å². The molecule has 6 N–H and O–H groups in total. The number of nitrogens with two attached hydrogens (primary N) is 1. The summed E-state index contributed by atoms with van der Waals surface area (Å²) in [5.74, 6) is -0.561. The summed E-state index contributed by atoms with van der Waals surface area (Å²) in [6.07, 6.45) is 14.8. The number of rotatable bonds is 14. The molecular formula is C37H43N5O4. The highest BCUT2D eigenvalue weighted by atomic mass is 16.4. The maximum atomic E-state index is 12.8. The Labute approximate surface area is 270 Å². The Hall–Kier alpha value is -4.76. The summed E-state index contributed by atoms with van der Waals surface area (Å²) in [7, 11) is 0. The van der Waals surface area contributed by atoms with Gasteiger partial charge in [-0.15, -0.1) is 0 Å². The van der Waals surface area contributed by atoms with Crippen molar-refractivity contribution in [1.82, 2.24) is 15.6 Å². The standard InChI is InChI=1S/C37H43N5O4/c1-24-18-20-40-34(21-24)39-19-6-13-32(38)37(46)41-23-35(43)42-33(22-36(44)45)27-10-5-9-26(14-15-27)29-17-16-28(25-7-4-8-25)30-11-2-3-12-31(29)30/h2-3,9-12,14-18,20-21,25,32-33H,4-8,13,19,22-23,38H2,1H3,(H,39,40)(H,41,46)(H,42,43)(H,44,45)/t32?,33-/m0/s1. The number of pyridine rings is 1. The predicted molar refractivity (Wildman–Crippen MR) is 182 cm³/mol. The van der Waals surface area contributed by atoms with Crippen LogP contribution < -0.4 is 21.7 Å². The largest absolute Gasteiger partial charge is 0.481 e. The number of benzene rings is 2. The van der Waals surface area contributed by atoms with E-state index in [2.05, 4.69) is 63.4 Å². The Morgan fingerprint density at radius 3 is 2.59 bits per heavy atom. The van der Waals surface area contributed by atoms with Gasteiger partial charge in [0.2, 0.25) is 11.8 Å². The number of carboxylic acids is 1. The molecule has 2 amide bonds. The summed E-state index contributed by atoms with van der Waals surface area (Å²) in [5.41, 5.74) is 11.4. The molecule has 1 unspecified atom stereocenters. The Morgan fingerprint density at radius 2 is 1.85 bits per heavy atom. The summed E-state index contributed by atoms with van der Waals surface area (Å²) >= 11 is 0. The first-order chi connectivity index (χ1) is 22.3. The molecule has 2 aliphatic carbocycles. The Balaban J connectivity index is 1.15. The van der Waals surface area contributed by atoms with Crippen LogP contribution in [0, 0.1) is 6.92 Å². The summed E-state index contributed by atoms with van der Waals surface area (Å²) in [6, 6.07) is 15.3. The molecule has 0 radical (unpaired) electrons. The van der Waals surface area contributed by atoms with Crippen LogP contribution >= 0.6 is 0 Å². The van der Waals surface area contributed by atoms with Gasteiger partial charge in [0.25, 0.3) is 0 Å². The van der Waals surface area contributed by atoms with Crippen molar-refractivity contribution < 1.29 is 19.5 Å². The highest BCUT2D eigenvalue weighted by molar-refractivity contribution is 5.98. The number of hydrogen-bond acceptors (Lipinski definition) is 6. The van der Waals surface area contributed by atoms with Crippen molar-refractivity contribution in [3.63, 3.8) is 0 Å². The number of carbonyl (C=O) groups excluding carboxylic acids is 2. The number of anilines is 1. The minimum Gasteiger partial charge on any atom is -0.481 e. The fourth-order valence-corrected chi connectivity index (χ4v) is 6.02. The van der Waals surface area contributed by atoms with Gasteiger partial charge in [-0.3, -0.25) is 14.4 Å². The van der Waals surface area contributed by atoms with Gasteiger partial charge in [-0.1, -0.05) is 67.1 Å². The first-order valence-electron chi connectivity index (χ1n) is 16.1. The molecule has 1 fully saturated rings. The van der Waals surface area contributed by atoms with Crippen LogP contribution in [0.15, 0.2) is 84.6 Å². The third kappa shape index (κ3) is 8.48. The highest BCUT2D eigenvalue weighted by Crippen LogP contribution is 2.41. The maximum absolute atomic E-state index is 12.8. The number of aliphatic carboxylic acids is 1. The molecule has 0 saturated heterocycles. The van der Waals surface area contributed by atoms with E-state index in [1.54, 1.807) is 6.20 Å². The maximum Gasteiger partial charge on any atom is 0.305 e. The number of hydrogen-bond donors (Lipinski definition) is 5. The summed E-state index contributed by atoms with van der Waals surface area (Å²) in [5, 5.41) is 20.7. The van der Waals surface area contributed by atoms with Gasteiger partial charge >= 0.3 is 5.97 Å². The fraction of sp³-hybridized carbons (Fsp3) is 0.351. The number of carbonyl (C=O) groups is 3. The molecule has 2 aliphatic rings. The number of aryl methyl sites for hydroxylation is 1. The zero-order valence-corrected chi connectivity index (χ0v) is 26.3. The molecular weight excluding hydrogens is 578 g/mol. The molecule has 2 atom stereocenters. The molecule has 0 aliphatic heterocycles. The summed E-state index contributed by atoms with van der Waals surface area (Å²) in [6.45, 7) is 2.30. The van der Waals surface area contributed by atoms with Gasteiger partial charge in [-0.25, -0.2) is 4.98 Å². The van der Waals surface area contributed by atoms with Crippen LogP contribution in [0.25, 0.3) is 16.3 Å². The second-order valence-electron chi connectivity index (χ2n) is 12.1. The smallest absolute Gasteiger partial charge is 0.305 e. The van der Waals surface area contributed by atoms with E-state index in [-0.39, 0.29) is 13.0 Å². The van der Waals surface area contributed by atoms with E-state index in [0.717, 1.165) is 22.5 Å². The van der Waals surface area contributed by atoms with Crippen molar-refractivity contribution in [3.05, 3.63) is 101 Å². The number of aromatic nitrogens is 1. The quantitative estimate of drug-likeness (QED) is 0.152. The number of carboxylic acid groups (broad SMARTS) is 1. The van der Waals surface area contributed by atoms with Crippen LogP contribution in [-0.4, -0.2) is 53.0 Å². The Kier molecular flexibility index (Phi) is 11.0. The normalized spacial score (nSPS) is 16.0. The highest BCUT2D eigenvalue weighted by Gasteiger charge is 2.23. The Morgan fingerprint density at radius 1 is 1.04 bits per heavy atom. The lowest BCUT2D eigenvalue weighted by Gasteiger charge is -2.27. The first-order valence-corrected chi connectivity index (χ1v) is 16.1. The zero-order valence-electron chi connectivity index (χ0n) is 26.3. The lowest BCUT2D eigenvalue weighted by atomic mass is 9.77. The molecule has 0 bridgehead atoms. The van der Waals surface area contributed by atoms with Gasteiger partial charge in [0, 0.05) is 12.7 Å². The van der Waals surface area contributed by atoms with Gasteiger partial charge in [0.1, 0.15) is 5.82 Å². The van der Waals surface area contributed by atoms with Crippen LogP contribution in [0.5, 0.6) is 0 Å². The van der Waals surface area contributed by atoms with E-state index in [0.29, 0.717) is 37.3 Å². The minimum atomic E-state index is -1.03. The van der Waals surface area contributed by atoms with Crippen molar-refractivity contribution in [2.45, 2.75) is 69.9 Å². The minimum absolute atomic E-state index is 0.285. The number of nitrogens with one attached hydrogen (secondary N) is 3. The average Bonchev–Trinajstić information content (AvgIpc) is 3.27. The van der Waals surface area contributed by atoms with Crippen molar-refractivity contribution >= 4 is 39.9 Å². The number of allylic oxidation sites excluding steroid dienone is 4. The van der Waals surface area contributed by atoms with Crippen molar-refractivity contribution in [2.75, 3.05) is 18.4 Å². The molecule has 5 rings (SSSR count).